The summed E-state index contributed by atoms with van der Waals surface area (Å²) >= 11 is 0. The maximum Gasteiger partial charge on any atom is 0.0360 e. The van der Waals surface area contributed by atoms with Crippen LogP contribution in [0.3, 0.4) is 0 Å². The lowest BCUT2D eigenvalue weighted by Crippen LogP contribution is -1.88. The van der Waals surface area contributed by atoms with Gasteiger partial charge in [-0.2, -0.15) is 0 Å². The Morgan fingerprint density at radius 3 is 2.33 bits per heavy atom. The van der Waals surface area contributed by atoms with E-state index in [0.717, 1.165) is 12.0 Å². The zero-order chi connectivity index (χ0) is 6.27. The Labute approximate surface area is 55.3 Å². The van der Waals surface area contributed by atoms with E-state index >= 15 is 0 Å². The summed E-state index contributed by atoms with van der Waals surface area (Å²) in [5, 5.41) is 0. The molecule has 1 aromatic heterocycles. The van der Waals surface area contributed by atoms with E-state index in [1.807, 2.05) is 0 Å². The Balaban J connectivity index is 2.18. The van der Waals surface area contributed by atoms with Crippen molar-refractivity contribution in [1.82, 2.24) is 4.57 Å². The molecule has 0 saturated heterocycles. The predicted molar refractivity (Wildman–Crippen MR) is 37.3 cm³/mol. The van der Waals surface area contributed by atoms with Gasteiger partial charge < -0.3 is 4.57 Å². The Kier molecular flexibility index (Phi) is 0.922. The number of rotatable bonds is 1. The van der Waals surface area contributed by atoms with Gasteiger partial charge in [0.2, 0.25) is 0 Å². The highest BCUT2D eigenvalue weighted by molar-refractivity contribution is 4.99. The van der Waals surface area contributed by atoms with Crippen LogP contribution < -0.4 is 0 Å². The second-order valence-electron chi connectivity index (χ2n) is 2.91. The van der Waals surface area contributed by atoms with Gasteiger partial charge in [-0.15, -0.1) is 0 Å². The quantitative estimate of drug-likeness (QED) is 0.536. The van der Waals surface area contributed by atoms with Crippen LogP contribution in [0.25, 0.3) is 0 Å². The maximum absolute atomic E-state index is 2.30. The molecular weight excluding hydrogens is 110 g/mol. The van der Waals surface area contributed by atoms with Crippen molar-refractivity contribution in [3.05, 3.63) is 24.5 Å². The fourth-order valence-electron chi connectivity index (χ4n) is 1.29. The molecule has 1 aliphatic rings. The number of aromatic nitrogens is 1. The fraction of sp³-hybridized carbons (Fsp3) is 0.500. The van der Waals surface area contributed by atoms with E-state index < -0.39 is 0 Å². The SMILES string of the molecule is CC1CC1n1cccc1. The first-order valence-corrected chi connectivity index (χ1v) is 3.50. The first-order valence-electron chi connectivity index (χ1n) is 3.50. The molecule has 0 N–H and O–H groups in total. The number of hydrogen-bond acceptors (Lipinski definition) is 0. The summed E-state index contributed by atoms with van der Waals surface area (Å²) in [6, 6.07) is 5.00. The molecule has 9 heavy (non-hydrogen) atoms. The first-order chi connectivity index (χ1) is 4.38. The third-order valence-electron chi connectivity index (χ3n) is 2.08. The van der Waals surface area contributed by atoms with Gasteiger partial charge in [0, 0.05) is 18.4 Å². The van der Waals surface area contributed by atoms with Crippen LogP contribution in [-0.2, 0) is 0 Å². The summed E-state index contributed by atoms with van der Waals surface area (Å²) in [6.07, 6.45) is 5.66. The molecule has 1 fully saturated rings. The highest BCUT2D eigenvalue weighted by Crippen LogP contribution is 2.42. The minimum absolute atomic E-state index is 0.819. The molecule has 1 nitrogen and oxygen atoms in total. The van der Waals surface area contributed by atoms with Crippen molar-refractivity contribution in [3.8, 4) is 0 Å². The highest BCUT2D eigenvalue weighted by Gasteiger charge is 2.33. The van der Waals surface area contributed by atoms with Gasteiger partial charge in [-0.05, 0) is 24.5 Å². The molecule has 1 aromatic rings. The van der Waals surface area contributed by atoms with E-state index in [-0.39, 0.29) is 0 Å². The monoisotopic (exact) mass is 121 g/mol. The van der Waals surface area contributed by atoms with Crippen molar-refractivity contribution < 1.29 is 0 Å². The van der Waals surface area contributed by atoms with Crippen molar-refractivity contribution in [2.24, 2.45) is 5.92 Å². The van der Waals surface area contributed by atoms with E-state index in [1.54, 1.807) is 0 Å². The molecule has 0 spiro atoms. The van der Waals surface area contributed by atoms with Gasteiger partial charge in [0.05, 0.1) is 0 Å². The Morgan fingerprint density at radius 1 is 1.33 bits per heavy atom. The lowest BCUT2D eigenvalue weighted by Gasteiger charge is -1.95. The summed E-state index contributed by atoms with van der Waals surface area (Å²) in [7, 11) is 0. The molecule has 2 atom stereocenters. The average Bonchev–Trinajstić information content (AvgIpc) is 2.44. The molecule has 2 unspecified atom stereocenters. The summed E-state index contributed by atoms with van der Waals surface area (Å²) in [5.41, 5.74) is 0. The van der Waals surface area contributed by atoms with E-state index in [9.17, 15) is 0 Å². The van der Waals surface area contributed by atoms with Crippen LogP contribution in [0.5, 0.6) is 0 Å². The van der Waals surface area contributed by atoms with Crippen molar-refractivity contribution in [2.75, 3.05) is 0 Å². The zero-order valence-electron chi connectivity index (χ0n) is 5.62. The van der Waals surface area contributed by atoms with Crippen molar-refractivity contribution in [2.45, 2.75) is 19.4 Å². The van der Waals surface area contributed by atoms with Crippen LogP contribution in [-0.4, -0.2) is 4.57 Å². The average molecular weight is 121 g/mol. The summed E-state index contributed by atoms with van der Waals surface area (Å²) in [4.78, 5) is 0. The number of nitrogens with zero attached hydrogens (tertiary/aromatic N) is 1. The normalized spacial score (nSPS) is 32.6. The van der Waals surface area contributed by atoms with E-state index in [2.05, 4.69) is 36.0 Å². The molecular formula is C8H11N. The predicted octanol–water partition coefficient (Wildman–Crippen LogP) is 2.07. The van der Waals surface area contributed by atoms with E-state index in [4.69, 9.17) is 0 Å². The first kappa shape index (κ1) is 5.10. The third kappa shape index (κ3) is 0.766. The molecule has 0 radical (unpaired) electrons. The van der Waals surface area contributed by atoms with Crippen LogP contribution in [0, 0.1) is 5.92 Å². The molecule has 1 heteroatoms. The van der Waals surface area contributed by atoms with E-state index in [1.165, 1.54) is 6.42 Å². The van der Waals surface area contributed by atoms with Gasteiger partial charge in [-0.3, -0.25) is 0 Å². The molecule has 0 aliphatic heterocycles. The lowest BCUT2D eigenvalue weighted by atomic mass is 10.5. The van der Waals surface area contributed by atoms with Gasteiger partial charge in [-0.1, -0.05) is 6.92 Å². The fourth-order valence-corrected chi connectivity index (χ4v) is 1.29. The smallest absolute Gasteiger partial charge is 0.0360 e. The van der Waals surface area contributed by atoms with Gasteiger partial charge in [-0.25, -0.2) is 0 Å². The largest absolute Gasteiger partial charge is 0.351 e. The Morgan fingerprint density at radius 2 is 1.89 bits per heavy atom. The molecule has 0 bridgehead atoms. The second kappa shape index (κ2) is 1.63. The highest BCUT2D eigenvalue weighted by atomic mass is 15.0. The van der Waals surface area contributed by atoms with Crippen LogP contribution in [0.1, 0.15) is 19.4 Å². The molecule has 0 amide bonds. The van der Waals surface area contributed by atoms with Gasteiger partial charge in [0.1, 0.15) is 0 Å². The second-order valence-corrected chi connectivity index (χ2v) is 2.91. The molecule has 48 valence electrons. The Bertz CT molecular complexity index is 188. The van der Waals surface area contributed by atoms with Gasteiger partial charge in [0.25, 0.3) is 0 Å². The van der Waals surface area contributed by atoms with Crippen LogP contribution >= 0.6 is 0 Å². The minimum atomic E-state index is 0.819. The van der Waals surface area contributed by atoms with Crippen molar-refractivity contribution in [3.63, 3.8) is 0 Å². The molecule has 1 heterocycles. The van der Waals surface area contributed by atoms with Crippen LogP contribution in [0.4, 0.5) is 0 Å². The minimum Gasteiger partial charge on any atom is -0.351 e. The van der Waals surface area contributed by atoms with Gasteiger partial charge >= 0.3 is 0 Å². The molecule has 2 rings (SSSR count). The zero-order valence-corrected chi connectivity index (χ0v) is 5.62. The Hall–Kier alpha value is -0.720. The standard InChI is InChI=1S/C8H11N/c1-7-6-8(7)9-4-2-3-5-9/h2-5,7-8H,6H2,1H3. The molecule has 1 aliphatic carbocycles. The summed E-state index contributed by atoms with van der Waals surface area (Å²) < 4.78 is 2.30. The molecule has 1 saturated carbocycles. The lowest BCUT2D eigenvalue weighted by molar-refractivity contribution is 0.690. The van der Waals surface area contributed by atoms with Crippen molar-refractivity contribution >= 4 is 0 Å². The van der Waals surface area contributed by atoms with Crippen LogP contribution in [0.2, 0.25) is 0 Å². The third-order valence-corrected chi connectivity index (χ3v) is 2.08. The topological polar surface area (TPSA) is 4.93 Å². The van der Waals surface area contributed by atoms with Crippen molar-refractivity contribution in [1.29, 1.82) is 0 Å². The van der Waals surface area contributed by atoms with E-state index in [0.29, 0.717) is 0 Å². The number of hydrogen-bond donors (Lipinski definition) is 0. The summed E-state index contributed by atoms with van der Waals surface area (Å²) in [5.74, 6) is 0.914. The van der Waals surface area contributed by atoms with Crippen LogP contribution in [0.15, 0.2) is 24.5 Å². The molecule has 0 aromatic carbocycles. The maximum atomic E-state index is 2.30. The van der Waals surface area contributed by atoms with Gasteiger partial charge in [0.15, 0.2) is 0 Å². The summed E-state index contributed by atoms with van der Waals surface area (Å²) in [6.45, 7) is 2.30.